The van der Waals surface area contributed by atoms with E-state index in [0.717, 1.165) is 61.7 Å². The first kappa shape index (κ1) is 33.9. The van der Waals surface area contributed by atoms with E-state index in [-0.39, 0.29) is 41.1 Å². The predicted octanol–water partition coefficient (Wildman–Crippen LogP) is 5.66. The smallest absolute Gasteiger partial charge is 0.262 e. The van der Waals surface area contributed by atoms with Crippen LogP contribution in [-0.2, 0) is 31.1 Å². The molecule has 6 rings (SSSR count). The van der Waals surface area contributed by atoms with E-state index in [9.17, 15) is 13.8 Å². The molecule has 1 saturated carbocycles. The number of aryl methyl sites for hydroxylation is 1. The summed E-state index contributed by atoms with van der Waals surface area (Å²) in [5.74, 6) is 4.79. The fourth-order valence-corrected chi connectivity index (χ4v) is 9.39. The quantitative estimate of drug-likeness (QED) is 0.333. The first-order valence-corrected chi connectivity index (χ1v) is 19.0. The summed E-state index contributed by atoms with van der Waals surface area (Å²) in [6.45, 7) is 5.92. The zero-order valence-electron chi connectivity index (χ0n) is 28.0. The zero-order valence-corrected chi connectivity index (χ0v) is 29.6. The van der Waals surface area contributed by atoms with Gasteiger partial charge in [-0.3, -0.25) is 14.3 Å². The van der Waals surface area contributed by atoms with Crippen molar-refractivity contribution in [1.82, 2.24) is 9.62 Å². The lowest BCUT2D eigenvalue weighted by Crippen LogP contribution is -2.50. The maximum Gasteiger partial charge on any atom is 0.262 e. The van der Waals surface area contributed by atoms with E-state index in [2.05, 4.69) is 39.8 Å². The average molecular weight is 682 g/mol. The number of benzene rings is 2. The fourth-order valence-electron chi connectivity index (χ4n) is 7.71. The highest BCUT2D eigenvalue weighted by Crippen LogP contribution is 2.47. The molecule has 1 unspecified atom stereocenters. The molecule has 0 saturated heterocycles. The second-order valence-corrected chi connectivity index (χ2v) is 17.2. The third-order valence-electron chi connectivity index (χ3n) is 11.1. The molecule has 10 heteroatoms. The average Bonchev–Trinajstić information content (AvgIpc) is 3.17. The number of ether oxygens (including phenoxy) is 2. The van der Waals surface area contributed by atoms with Crippen LogP contribution in [0.4, 0.5) is 5.69 Å². The van der Waals surface area contributed by atoms with Crippen molar-refractivity contribution in [2.75, 3.05) is 45.3 Å². The Hall–Kier alpha value is -3.01. The molecular formula is C37H48ClN3O5S. The number of fused-ring (bicyclic) bond motifs is 4. The van der Waals surface area contributed by atoms with Crippen molar-refractivity contribution in [1.29, 1.82) is 0 Å². The lowest BCUT2D eigenvalue weighted by Gasteiger charge is -2.46. The van der Waals surface area contributed by atoms with E-state index in [4.69, 9.17) is 21.1 Å². The van der Waals surface area contributed by atoms with Crippen LogP contribution in [0.15, 0.2) is 48.6 Å². The Morgan fingerprint density at radius 3 is 2.77 bits per heavy atom. The molecule has 2 aliphatic carbocycles. The second-order valence-electron chi connectivity index (χ2n) is 14.4. The lowest BCUT2D eigenvalue weighted by atomic mass is 9.68. The minimum absolute atomic E-state index is 0.00826. The van der Waals surface area contributed by atoms with Gasteiger partial charge < -0.3 is 19.3 Å². The number of allylic oxidation sites excluding steroid dienone is 1. The molecule has 0 aromatic heterocycles. The highest BCUT2D eigenvalue weighted by atomic mass is 35.5. The molecule has 1 spiro atoms. The Morgan fingerprint density at radius 1 is 1.21 bits per heavy atom. The molecule has 2 aromatic rings. The number of carbonyl (C=O) groups is 2. The first-order chi connectivity index (χ1) is 22.4. The summed E-state index contributed by atoms with van der Waals surface area (Å²) in [6, 6.07) is 11.8. The van der Waals surface area contributed by atoms with Crippen LogP contribution in [-0.4, -0.2) is 78.5 Å². The summed E-state index contributed by atoms with van der Waals surface area (Å²) in [4.78, 5) is 30.1. The Labute approximate surface area is 285 Å². The maximum atomic E-state index is 13.8. The fraction of sp³-hybridized carbons (Fsp3) is 0.541. The highest BCUT2D eigenvalue weighted by Gasteiger charge is 2.44. The van der Waals surface area contributed by atoms with E-state index in [0.29, 0.717) is 24.5 Å². The van der Waals surface area contributed by atoms with Crippen LogP contribution in [0.2, 0.25) is 5.02 Å². The Morgan fingerprint density at radius 2 is 2.02 bits per heavy atom. The van der Waals surface area contributed by atoms with Crippen molar-refractivity contribution in [2.45, 2.75) is 69.1 Å². The molecule has 2 aromatic carbocycles. The zero-order chi connectivity index (χ0) is 33.5. The summed E-state index contributed by atoms with van der Waals surface area (Å²) in [5.41, 5.74) is 3.59. The van der Waals surface area contributed by atoms with E-state index in [1.54, 1.807) is 25.1 Å². The van der Waals surface area contributed by atoms with E-state index >= 15 is 0 Å². The van der Waals surface area contributed by atoms with E-state index < -0.39 is 15.6 Å². The molecule has 1 fully saturated rings. The van der Waals surface area contributed by atoms with Gasteiger partial charge in [-0.15, -0.1) is 0 Å². The van der Waals surface area contributed by atoms with Gasteiger partial charge in [-0.05, 0) is 111 Å². The van der Waals surface area contributed by atoms with Crippen molar-refractivity contribution in [3.8, 4) is 5.75 Å². The summed E-state index contributed by atoms with van der Waals surface area (Å²) >= 11 is 6.45. The van der Waals surface area contributed by atoms with Crippen molar-refractivity contribution < 1.29 is 23.3 Å². The predicted molar refractivity (Wildman–Crippen MR) is 190 cm³/mol. The van der Waals surface area contributed by atoms with Gasteiger partial charge in [0.15, 0.2) is 0 Å². The first-order valence-electron chi connectivity index (χ1n) is 16.8. The monoisotopic (exact) mass is 681 g/mol. The minimum Gasteiger partial charge on any atom is -0.490 e. The van der Waals surface area contributed by atoms with Crippen LogP contribution in [0, 0.1) is 17.8 Å². The van der Waals surface area contributed by atoms with Gasteiger partial charge in [0.05, 0.1) is 28.1 Å². The van der Waals surface area contributed by atoms with Gasteiger partial charge in [0.1, 0.15) is 12.4 Å². The van der Waals surface area contributed by atoms with Crippen LogP contribution in [0.25, 0.3) is 0 Å². The third-order valence-corrected chi connectivity index (χ3v) is 13.5. The Kier molecular flexibility index (Phi) is 9.71. The molecule has 4 aliphatic rings. The Bertz CT molecular complexity index is 1660. The molecule has 2 bridgehead atoms. The molecule has 8 nitrogen and oxygen atoms in total. The summed E-state index contributed by atoms with van der Waals surface area (Å²) in [5, 5.41) is 0.379. The van der Waals surface area contributed by atoms with Crippen molar-refractivity contribution >= 4 is 44.7 Å². The number of hydrogen-bond acceptors (Lipinski definition) is 6. The number of halogens is 1. The van der Waals surface area contributed by atoms with Gasteiger partial charge in [0, 0.05) is 48.4 Å². The van der Waals surface area contributed by atoms with Crippen LogP contribution in [0.1, 0.15) is 67.4 Å². The maximum absolute atomic E-state index is 13.8. The standard InChI is InChI=1S/C37H48ClN3O5S/c1-24-8-6-10-33(45-21-35(42)40(3)4)30-14-11-28(30)20-41-22-37(17-7-9-26-18-29(38)13-15-31(26)37)23-46-34-16-12-27(19-32(34)41)36(43)39-47(5,44)25(24)2/h6,10,12-13,15-16,18-19,24-25,28,30,33H,5,7-9,11,14,17,20-23H2,1-4H3,(H,39,43,44)/b10-6+/t24-,25+,28-,30+,33-,37-,47?/m0/s1. The van der Waals surface area contributed by atoms with Crippen LogP contribution < -0.4 is 14.4 Å². The number of nitrogens with zero attached hydrogens (tertiary/aromatic N) is 2. The van der Waals surface area contributed by atoms with Crippen molar-refractivity contribution in [3.05, 3.63) is 70.3 Å². The van der Waals surface area contributed by atoms with Gasteiger partial charge >= 0.3 is 0 Å². The number of rotatable bonds is 3. The Balaban J connectivity index is 1.41. The van der Waals surface area contributed by atoms with E-state index in [1.165, 1.54) is 11.1 Å². The molecule has 2 amide bonds. The van der Waals surface area contributed by atoms with Gasteiger partial charge in [-0.2, -0.15) is 0 Å². The van der Waals surface area contributed by atoms with Gasteiger partial charge in [-0.1, -0.05) is 36.7 Å². The van der Waals surface area contributed by atoms with Gasteiger partial charge in [0.2, 0.25) is 5.91 Å². The molecule has 1 N–H and O–H groups in total. The molecule has 0 radical (unpaired) electrons. The topological polar surface area (TPSA) is 88.2 Å². The summed E-state index contributed by atoms with van der Waals surface area (Å²) in [6.07, 6.45) is 9.66. The lowest BCUT2D eigenvalue weighted by molar-refractivity contribution is -0.137. The molecular weight excluding hydrogens is 634 g/mol. The number of hydrogen-bond donors (Lipinski definition) is 1. The van der Waals surface area contributed by atoms with Crippen LogP contribution in [0.3, 0.4) is 0 Å². The molecule has 47 heavy (non-hydrogen) atoms. The van der Waals surface area contributed by atoms with E-state index in [1.807, 2.05) is 32.0 Å². The number of likely N-dealkylation sites (N-methyl/N-ethyl adjacent to an activating group) is 1. The second kappa shape index (κ2) is 13.5. The normalized spacial score (nSPS) is 32.9. The number of anilines is 1. The third kappa shape index (κ3) is 6.94. The SMILES string of the molecule is C=S1(=O)NC(=O)c2ccc3c(c2)N(C[C@@H]2CC[C@H]2[C@@H](OCC(=O)N(C)C)/C=C/C[C@H](C)[C@H]1C)C[C@@]1(CCCc2cc(Cl)ccc21)CO3. The minimum atomic E-state index is -2.96. The van der Waals surface area contributed by atoms with Crippen LogP contribution in [0.5, 0.6) is 5.75 Å². The van der Waals surface area contributed by atoms with Crippen molar-refractivity contribution in [2.24, 2.45) is 17.8 Å². The summed E-state index contributed by atoms with van der Waals surface area (Å²) in [7, 11) is 0.522. The molecule has 7 atom stereocenters. The highest BCUT2D eigenvalue weighted by molar-refractivity contribution is 7.99. The molecule has 254 valence electrons. The molecule has 2 heterocycles. The van der Waals surface area contributed by atoms with Gasteiger partial charge in [0.25, 0.3) is 5.91 Å². The molecule has 2 aliphatic heterocycles. The van der Waals surface area contributed by atoms with Crippen molar-refractivity contribution in [3.63, 3.8) is 0 Å². The number of carbonyl (C=O) groups excluding carboxylic acids is 2. The van der Waals surface area contributed by atoms with Crippen LogP contribution >= 0.6 is 11.6 Å². The summed E-state index contributed by atoms with van der Waals surface area (Å²) < 4.78 is 29.6. The van der Waals surface area contributed by atoms with Gasteiger partial charge in [-0.25, -0.2) is 4.21 Å². The largest absolute Gasteiger partial charge is 0.490 e. The number of amides is 2. The number of nitrogens with one attached hydrogen (secondary N) is 1.